The minimum absolute atomic E-state index is 0.301. The fourth-order valence-electron chi connectivity index (χ4n) is 1.74. The lowest BCUT2D eigenvalue weighted by atomic mass is 10.0. The van der Waals surface area contributed by atoms with Crippen LogP contribution in [0, 0.1) is 11.3 Å². The summed E-state index contributed by atoms with van der Waals surface area (Å²) in [6, 6.07) is 7.36. The highest BCUT2D eigenvalue weighted by molar-refractivity contribution is 9.10. The van der Waals surface area contributed by atoms with Crippen LogP contribution in [0.15, 0.2) is 22.7 Å². The van der Waals surface area contributed by atoms with Crippen molar-refractivity contribution < 1.29 is 4.79 Å². The first kappa shape index (κ1) is 13.7. The maximum atomic E-state index is 12.2. The van der Waals surface area contributed by atoms with Crippen molar-refractivity contribution in [3.05, 3.63) is 33.3 Å². The van der Waals surface area contributed by atoms with E-state index < -0.39 is 5.54 Å². The van der Waals surface area contributed by atoms with Gasteiger partial charge in [-0.1, -0.05) is 17.7 Å². The van der Waals surface area contributed by atoms with Crippen molar-refractivity contribution in [1.82, 2.24) is 5.32 Å². The molecule has 1 aliphatic heterocycles. The Labute approximate surface area is 123 Å². The van der Waals surface area contributed by atoms with E-state index in [-0.39, 0.29) is 5.91 Å². The molecule has 94 valence electrons. The number of amides is 1. The molecule has 1 unspecified atom stereocenters. The van der Waals surface area contributed by atoms with Crippen LogP contribution in [0.5, 0.6) is 0 Å². The first-order valence-corrected chi connectivity index (χ1v) is 7.66. The smallest absolute Gasteiger partial charge is 0.254 e. The molecule has 1 aliphatic rings. The molecule has 1 N–H and O–H groups in total. The fraction of sp³-hybridized carbons (Fsp3) is 0.333. The van der Waals surface area contributed by atoms with Crippen molar-refractivity contribution in [2.45, 2.75) is 12.0 Å². The first-order valence-electron chi connectivity index (χ1n) is 5.33. The van der Waals surface area contributed by atoms with Gasteiger partial charge in [-0.05, 0) is 40.2 Å². The van der Waals surface area contributed by atoms with Gasteiger partial charge in [-0.3, -0.25) is 4.79 Å². The van der Waals surface area contributed by atoms with Crippen LogP contribution in [0.4, 0.5) is 0 Å². The van der Waals surface area contributed by atoms with E-state index in [4.69, 9.17) is 11.6 Å². The average molecular weight is 346 g/mol. The lowest BCUT2D eigenvalue weighted by molar-refractivity contribution is 0.0926. The van der Waals surface area contributed by atoms with Crippen LogP contribution in [0.2, 0.25) is 5.02 Å². The zero-order valence-electron chi connectivity index (χ0n) is 9.37. The Morgan fingerprint density at radius 1 is 1.61 bits per heavy atom. The van der Waals surface area contributed by atoms with Crippen LogP contribution >= 0.6 is 39.3 Å². The van der Waals surface area contributed by atoms with E-state index in [0.717, 1.165) is 5.75 Å². The second-order valence-electron chi connectivity index (χ2n) is 4.05. The van der Waals surface area contributed by atoms with Gasteiger partial charge in [0.05, 0.1) is 16.7 Å². The van der Waals surface area contributed by atoms with Crippen molar-refractivity contribution in [2.24, 2.45) is 0 Å². The van der Waals surface area contributed by atoms with E-state index in [1.165, 1.54) is 0 Å². The lowest BCUT2D eigenvalue weighted by Crippen LogP contribution is -2.47. The fourth-order valence-corrected chi connectivity index (χ4v) is 3.59. The Hall–Kier alpha value is -0.700. The minimum Gasteiger partial charge on any atom is -0.333 e. The van der Waals surface area contributed by atoms with Gasteiger partial charge in [0.15, 0.2) is 0 Å². The van der Waals surface area contributed by atoms with Gasteiger partial charge in [-0.2, -0.15) is 17.0 Å². The number of hydrogen-bond donors (Lipinski definition) is 1. The second kappa shape index (κ2) is 5.52. The van der Waals surface area contributed by atoms with Gasteiger partial charge in [-0.25, -0.2) is 0 Å². The monoisotopic (exact) mass is 344 g/mol. The number of nitrogens with one attached hydrogen (secondary N) is 1. The number of thioether (sulfide) groups is 1. The Balaban J connectivity index is 2.22. The highest BCUT2D eigenvalue weighted by Crippen LogP contribution is 2.30. The van der Waals surface area contributed by atoms with E-state index in [2.05, 4.69) is 27.3 Å². The molecule has 0 bridgehead atoms. The summed E-state index contributed by atoms with van der Waals surface area (Å²) in [4.78, 5) is 12.2. The minimum atomic E-state index is -0.757. The van der Waals surface area contributed by atoms with Gasteiger partial charge < -0.3 is 5.32 Å². The van der Waals surface area contributed by atoms with Crippen LogP contribution in [0.1, 0.15) is 16.8 Å². The molecule has 1 atom stereocenters. The lowest BCUT2D eigenvalue weighted by Gasteiger charge is -2.21. The molecule has 2 rings (SSSR count). The van der Waals surface area contributed by atoms with E-state index >= 15 is 0 Å². The third-order valence-corrected chi connectivity index (χ3v) is 5.27. The SMILES string of the molecule is N#CC1(NC(=O)c2cccc(Br)c2Cl)CCSC1. The quantitative estimate of drug-likeness (QED) is 0.895. The van der Waals surface area contributed by atoms with E-state index in [9.17, 15) is 10.1 Å². The molecular weight excluding hydrogens is 336 g/mol. The van der Waals surface area contributed by atoms with Gasteiger partial charge in [0.2, 0.25) is 0 Å². The molecule has 1 saturated heterocycles. The Bertz CT molecular complexity index is 523. The highest BCUT2D eigenvalue weighted by atomic mass is 79.9. The zero-order chi connectivity index (χ0) is 13.2. The molecule has 1 amide bonds. The van der Waals surface area contributed by atoms with Crippen LogP contribution in [-0.2, 0) is 0 Å². The van der Waals surface area contributed by atoms with E-state index in [1.807, 2.05) is 0 Å². The molecule has 0 spiro atoms. The molecule has 0 radical (unpaired) electrons. The molecule has 1 heterocycles. The Morgan fingerprint density at radius 2 is 2.39 bits per heavy atom. The molecule has 0 aromatic heterocycles. The van der Waals surface area contributed by atoms with Gasteiger partial charge in [-0.15, -0.1) is 0 Å². The summed E-state index contributed by atoms with van der Waals surface area (Å²) in [5.74, 6) is 1.21. The third kappa shape index (κ3) is 2.66. The molecule has 0 aliphatic carbocycles. The summed E-state index contributed by atoms with van der Waals surface area (Å²) in [6.07, 6.45) is 0.672. The molecule has 1 aromatic carbocycles. The number of nitriles is 1. The van der Waals surface area contributed by atoms with Crippen molar-refractivity contribution in [2.75, 3.05) is 11.5 Å². The summed E-state index contributed by atoms with van der Waals surface area (Å²) < 4.78 is 0.670. The Kier molecular flexibility index (Phi) is 4.21. The summed E-state index contributed by atoms with van der Waals surface area (Å²) in [5.41, 5.74) is -0.370. The second-order valence-corrected chi connectivity index (χ2v) is 6.39. The maximum absolute atomic E-state index is 12.2. The van der Waals surface area contributed by atoms with Gasteiger partial charge >= 0.3 is 0 Å². The molecule has 1 aromatic rings. The maximum Gasteiger partial charge on any atom is 0.254 e. The molecule has 18 heavy (non-hydrogen) atoms. The number of carbonyl (C=O) groups is 1. The van der Waals surface area contributed by atoms with Crippen molar-refractivity contribution in [3.8, 4) is 6.07 Å². The predicted octanol–water partition coefficient (Wildman–Crippen LogP) is 3.23. The number of rotatable bonds is 2. The van der Waals surface area contributed by atoms with Crippen molar-refractivity contribution in [1.29, 1.82) is 5.26 Å². The van der Waals surface area contributed by atoms with Crippen molar-refractivity contribution in [3.63, 3.8) is 0 Å². The van der Waals surface area contributed by atoms with Gasteiger partial charge in [0.1, 0.15) is 5.54 Å². The number of benzene rings is 1. The summed E-state index contributed by atoms with van der Waals surface area (Å²) in [7, 11) is 0. The van der Waals surface area contributed by atoms with Gasteiger partial charge in [0.25, 0.3) is 5.91 Å². The third-order valence-electron chi connectivity index (χ3n) is 2.78. The first-order chi connectivity index (χ1) is 8.58. The van der Waals surface area contributed by atoms with Crippen LogP contribution in [0.25, 0.3) is 0 Å². The van der Waals surface area contributed by atoms with Crippen LogP contribution in [0.3, 0.4) is 0 Å². The number of carbonyl (C=O) groups excluding carboxylic acids is 1. The number of halogens is 2. The van der Waals surface area contributed by atoms with Gasteiger partial charge in [0, 0.05) is 10.2 Å². The number of nitrogens with zero attached hydrogens (tertiary/aromatic N) is 1. The molecule has 3 nitrogen and oxygen atoms in total. The number of hydrogen-bond acceptors (Lipinski definition) is 3. The zero-order valence-corrected chi connectivity index (χ0v) is 12.5. The van der Waals surface area contributed by atoms with Crippen molar-refractivity contribution >= 4 is 45.2 Å². The summed E-state index contributed by atoms with van der Waals surface area (Å²) in [6.45, 7) is 0. The normalized spacial score (nSPS) is 22.5. The molecular formula is C12H10BrClN2OS. The molecule has 6 heteroatoms. The van der Waals surface area contributed by atoms with E-state index in [0.29, 0.717) is 27.2 Å². The topological polar surface area (TPSA) is 52.9 Å². The predicted molar refractivity (Wildman–Crippen MR) is 76.9 cm³/mol. The summed E-state index contributed by atoms with van der Waals surface area (Å²) in [5, 5.41) is 12.4. The average Bonchev–Trinajstić information content (AvgIpc) is 2.81. The largest absolute Gasteiger partial charge is 0.333 e. The molecule has 1 fully saturated rings. The van der Waals surface area contributed by atoms with Crippen LogP contribution < -0.4 is 5.32 Å². The summed E-state index contributed by atoms with van der Waals surface area (Å²) >= 11 is 11.0. The molecule has 0 saturated carbocycles. The van der Waals surface area contributed by atoms with Crippen LogP contribution in [-0.4, -0.2) is 23.0 Å². The van der Waals surface area contributed by atoms with E-state index in [1.54, 1.807) is 30.0 Å². The standard InChI is InChI=1S/C12H10BrClN2OS/c13-9-3-1-2-8(10(9)14)11(17)16-12(6-15)4-5-18-7-12/h1-3H,4-5,7H2,(H,16,17). The Morgan fingerprint density at radius 3 is 3.00 bits per heavy atom. The highest BCUT2D eigenvalue weighted by Gasteiger charge is 2.36.